The highest BCUT2D eigenvalue weighted by molar-refractivity contribution is 5.56. The molecule has 4 heteroatoms. The zero-order chi connectivity index (χ0) is 12.4. The van der Waals surface area contributed by atoms with Crippen LogP contribution in [0.3, 0.4) is 0 Å². The number of hydrogen-bond donors (Lipinski definition) is 1. The molecule has 0 bridgehead atoms. The van der Waals surface area contributed by atoms with E-state index in [1.54, 1.807) is 12.1 Å². The molecule has 0 unspecified atom stereocenters. The molecule has 17 heavy (non-hydrogen) atoms. The standard InChI is InChI=1S/C13H16FN3/c1-9-12(8-15-2)17(3)13(16-9)10-4-6-11(14)7-5-10/h4-7,15H,8H2,1-3H3. The minimum atomic E-state index is -0.227. The Hall–Kier alpha value is -1.68. The Kier molecular flexibility index (Phi) is 3.24. The summed E-state index contributed by atoms with van der Waals surface area (Å²) in [5, 5.41) is 3.12. The van der Waals surface area contributed by atoms with Gasteiger partial charge in [-0.05, 0) is 38.2 Å². The van der Waals surface area contributed by atoms with Gasteiger partial charge in [0.25, 0.3) is 0 Å². The van der Waals surface area contributed by atoms with Gasteiger partial charge in [0.15, 0.2) is 0 Å². The first-order chi connectivity index (χ1) is 8.13. The third kappa shape index (κ3) is 2.22. The first-order valence-electron chi connectivity index (χ1n) is 5.56. The fourth-order valence-corrected chi connectivity index (χ4v) is 1.94. The number of aryl methyl sites for hydroxylation is 1. The third-order valence-corrected chi connectivity index (χ3v) is 2.86. The van der Waals surface area contributed by atoms with E-state index in [1.165, 1.54) is 12.1 Å². The van der Waals surface area contributed by atoms with E-state index >= 15 is 0 Å². The van der Waals surface area contributed by atoms with Crippen LogP contribution in [0.15, 0.2) is 24.3 Å². The highest BCUT2D eigenvalue weighted by Gasteiger charge is 2.12. The van der Waals surface area contributed by atoms with Gasteiger partial charge in [-0.2, -0.15) is 0 Å². The average molecular weight is 233 g/mol. The van der Waals surface area contributed by atoms with Crippen LogP contribution in [-0.4, -0.2) is 16.6 Å². The van der Waals surface area contributed by atoms with Crippen molar-refractivity contribution in [3.63, 3.8) is 0 Å². The molecular weight excluding hydrogens is 217 g/mol. The minimum absolute atomic E-state index is 0.227. The normalized spacial score (nSPS) is 10.8. The lowest BCUT2D eigenvalue weighted by Gasteiger charge is -2.06. The van der Waals surface area contributed by atoms with Crippen LogP contribution in [0, 0.1) is 12.7 Å². The fraction of sp³-hybridized carbons (Fsp3) is 0.308. The predicted octanol–water partition coefficient (Wildman–Crippen LogP) is 2.25. The molecule has 1 aromatic heterocycles. The summed E-state index contributed by atoms with van der Waals surface area (Å²) in [6, 6.07) is 6.41. The highest BCUT2D eigenvalue weighted by Crippen LogP contribution is 2.21. The largest absolute Gasteiger partial charge is 0.330 e. The fourth-order valence-electron chi connectivity index (χ4n) is 1.94. The summed E-state index contributed by atoms with van der Waals surface area (Å²) in [6.45, 7) is 2.76. The SMILES string of the molecule is CNCc1c(C)nc(-c2ccc(F)cc2)n1C. The van der Waals surface area contributed by atoms with Gasteiger partial charge in [0.05, 0.1) is 11.4 Å². The molecule has 0 fully saturated rings. The van der Waals surface area contributed by atoms with Gasteiger partial charge in [-0.15, -0.1) is 0 Å². The average Bonchev–Trinajstić information content (AvgIpc) is 2.59. The Morgan fingerprint density at radius 1 is 1.29 bits per heavy atom. The van der Waals surface area contributed by atoms with Crippen molar-refractivity contribution < 1.29 is 4.39 Å². The quantitative estimate of drug-likeness (QED) is 0.881. The lowest BCUT2D eigenvalue weighted by molar-refractivity contribution is 0.628. The maximum Gasteiger partial charge on any atom is 0.140 e. The van der Waals surface area contributed by atoms with Crippen LogP contribution >= 0.6 is 0 Å². The van der Waals surface area contributed by atoms with Crippen molar-refractivity contribution in [3.05, 3.63) is 41.5 Å². The van der Waals surface area contributed by atoms with Crippen molar-refractivity contribution >= 4 is 0 Å². The molecule has 3 nitrogen and oxygen atoms in total. The first-order valence-corrected chi connectivity index (χ1v) is 5.56. The summed E-state index contributed by atoms with van der Waals surface area (Å²) in [5.41, 5.74) is 3.08. The Morgan fingerprint density at radius 2 is 1.94 bits per heavy atom. The summed E-state index contributed by atoms with van der Waals surface area (Å²) in [5.74, 6) is 0.642. The smallest absolute Gasteiger partial charge is 0.140 e. The van der Waals surface area contributed by atoms with E-state index in [0.29, 0.717) is 0 Å². The molecule has 1 N–H and O–H groups in total. The van der Waals surface area contributed by atoms with Crippen LogP contribution < -0.4 is 5.32 Å². The third-order valence-electron chi connectivity index (χ3n) is 2.86. The number of aromatic nitrogens is 2. The van der Waals surface area contributed by atoms with Gasteiger partial charge in [-0.3, -0.25) is 0 Å². The monoisotopic (exact) mass is 233 g/mol. The number of halogens is 1. The molecular formula is C13H16FN3. The zero-order valence-corrected chi connectivity index (χ0v) is 10.3. The van der Waals surface area contributed by atoms with E-state index in [9.17, 15) is 4.39 Å². The molecule has 2 rings (SSSR count). The van der Waals surface area contributed by atoms with E-state index in [1.807, 2.05) is 25.6 Å². The van der Waals surface area contributed by atoms with Crippen molar-refractivity contribution in [1.29, 1.82) is 0 Å². The topological polar surface area (TPSA) is 29.9 Å². The second-order valence-corrected chi connectivity index (χ2v) is 4.06. The molecule has 0 aliphatic rings. The predicted molar refractivity (Wildman–Crippen MR) is 66.1 cm³/mol. The Balaban J connectivity index is 2.46. The number of hydrogen-bond acceptors (Lipinski definition) is 2. The van der Waals surface area contributed by atoms with Crippen molar-refractivity contribution in [3.8, 4) is 11.4 Å². The molecule has 1 heterocycles. The molecule has 0 saturated heterocycles. The number of nitrogens with one attached hydrogen (secondary N) is 1. The van der Waals surface area contributed by atoms with Gasteiger partial charge in [0.1, 0.15) is 11.6 Å². The van der Waals surface area contributed by atoms with Gasteiger partial charge in [-0.25, -0.2) is 9.37 Å². The first kappa shape index (κ1) is 11.8. The number of rotatable bonds is 3. The lowest BCUT2D eigenvalue weighted by atomic mass is 10.2. The number of benzene rings is 1. The second-order valence-electron chi connectivity index (χ2n) is 4.06. The van der Waals surface area contributed by atoms with Crippen molar-refractivity contribution in [1.82, 2.24) is 14.9 Å². The summed E-state index contributed by atoms with van der Waals surface area (Å²) in [6.07, 6.45) is 0. The molecule has 0 spiro atoms. The summed E-state index contributed by atoms with van der Waals surface area (Å²) < 4.78 is 14.9. The molecule has 0 aliphatic carbocycles. The molecule has 1 aromatic carbocycles. The number of nitrogens with zero attached hydrogens (tertiary/aromatic N) is 2. The highest BCUT2D eigenvalue weighted by atomic mass is 19.1. The molecule has 0 aliphatic heterocycles. The van der Waals surface area contributed by atoms with Crippen molar-refractivity contribution in [2.45, 2.75) is 13.5 Å². The molecule has 0 amide bonds. The van der Waals surface area contributed by atoms with Crippen LogP contribution in [0.5, 0.6) is 0 Å². The van der Waals surface area contributed by atoms with Crippen LogP contribution in [-0.2, 0) is 13.6 Å². The Morgan fingerprint density at radius 3 is 2.53 bits per heavy atom. The van der Waals surface area contributed by atoms with Crippen LogP contribution in [0.1, 0.15) is 11.4 Å². The Bertz CT molecular complexity index is 514. The molecule has 0 radical (unpaired) electrons. The van der Waals surface area contributed by atoms with E-state index < -0.39 is 0 Å². The van der Waals surface area contributed by atoms with Crippen LogP contribution in [0.4, 0.5) is 4.39 Å². The summed E-state index contributed by atoms with van der Waals surface area (Å²) >= 11 is 0. The van der Waals surface area contributed by atoms with Gasteiger partial charge < -0.3 is 9.88 Å². The van der Waals surface area contributed by atoms with Gasteiger partial charge in [-0.1, -0.05) is 0 Å². The zero-order valence-electron chi connectivity index (χ0n) is 10.3. The molecule has 90 valence electrons. The number of imidazole rings is 1. The lowest BCUT2D eigenvalue weighted by Crippen LogP contribution is -2.10. The minimum Gasteiger partial charge on any atom is -0.330 e. The van der Waals surface area contributed by atoms with Crippen molar-refractivity contribution in [2.24, 2.45) is 7.05 Å². The summed E-state index contributed by atoms with van der Waals surface area (Å²) in [4.78, 5) is 4.53. The van der Waals surface area contributed by atoms with Crippen LogP contribution in [0.25, 0.3) is 11.4 Å². The maximum atomic E-state index is 12.9. The van der Waals surface area contributed by atoms with E-state index in [2.05, 4.69) is 10.3 Å². The van der Waals surface area contributed by atoms with E-state index in [-0.39, 0.29) is 5.82 Å². The molecule has 0 atom stereocenters. The maximum absolute atomic E-state index is 12.9. The van der Waals surface area contributed by atoms with Gasteiger partial charge in [0.2, 0.25) is 0 Å². The van der Waals surface area contributed by atoms with Gasteiger partial charge >= 0.3 is 0 Å². The van der Waals surface area contributed by atoms with E-state index in [0.717, 1.165) is 29.3 Å². The van der Waals surface area contributed by atoms with E-state index in [4.69, 9.17) is 0 Å². The van der Waals surface area contributed by atoms with Gasteiger partial charge in [0, 0.05) is 19.2 Å². The summed E-state index contributed by atoms with van der Waals surface area (Å²) in [7, 11) is 3.88. The van der Waals surface area contributed by atoms with Crippen LogP contribution in [0.2, 0.25) is 0 Å². The second kappa shape index (κ2) is 4.67. The molecule has 0 saturated carbocycles. The van der Waals surface area contributed by atoms with Crippen molar-refractivity contribution in [2.75, 3.05) is 7.05 Å². The Labute approximate surface area is 100 Å². The molecule has 2 aromatic rings.